The number of carbonyl (C=O) groups excluding carboxylic acids is 1. The number of hydrogen-bond acceptors (Lipinski definition) is 5. The van der Waals surface area contributed by atoms with E-state index in [-0.39, 0.29) is 11.7 Å². The first kappa shape index (κ1) is 15.8. The zero-order valence-corrected chi connectivity index (χ0v) is 14.6. The number of rotatable bonds is 5. The fourth-order valence-electron chi connectivity index (χ4n) is 1.93. The topological polar surface area (TPSA) is 73.0 Å². The number of para-hydroxylation sites is 1. The molecule has 3 rings (SSSR count). The molecule has 0 atom stereocenters. The summed E-state index contributed by atoms with van der Waals surface area (Å²) in [4.78, 5) is 17.4. The molecule has 0 unspecified atom stereocenters. The highest BCUT2D eigenvalue weighted by atomic mass is 79.9. The molecule has 0 radical (unpaired) electrons. The molecule has 0 aliphatic rings. The summed E-state index contributed by atoms with van der Waals surface area (Å²) in [7, 11) is 0. The highest BCUT2D eigenvalue weighted by Gasteiger charge is 2.14. The van der Waals surface area contributed by atoms with Crippen molar-refractivity contribution in [3.63, 3.8) is 0 Å². The molecule has 0 aliphatic heterocycles. The molecule has 1 amide bonds. The Balaban J connectivity index is 1.84. The third-order valence-electron chi connectivity index (χ3n) is 2.99. The number of nitrogens with zero attached hydrogens (tertiary/aromatic N) is 3. The SMILES string of the molecule is CCn1nc(Br)nc1Sc1ccccc1NC(=O)c1ccco1. The van der Waals surface area contributed by atoms with Gasteiger partial charge in [-0.05, 0) is 58.9 Å². The van der Waals surface area contributed by atoms with Crippen LogP contribution >= 0.6 is 27.7 Å². The van der Waals surface area contributed by atoms with E-state index >= 15 is 0 Å². The molecule has 0 fully saturated rings. The molecule has 0 bridgehead atoms. The zero-order valence-electron chi connectivity index (χ0n) is 12.2. The summed E-state index contributed by atoms with van der Waals surface area (Å²) in [5, 5.41) is 7.86. The Morgan fingerprint density at radius 1 is 1.35 bits per heavy atom. The van der Waals surface area contributed by atoms with E-state index in [1.807, 2.05) is 31.2 Å². The Bertz CT molecular complexity index is 817. The average Bonchev–Trinajstić information content (AvgIpc) is 3.19. The molecule has 118 valence electrons. The summed E-state index contributed by atoms with van der Waals surface area (Å²) in [6.45, 7) is 2.71. The Morgan fingerprint density at radius 2 is 2.17 bits per heavy atom. The largest absolute Gasteiger partial charge is 0.459 e. The fraction of sp³-hybridized carbons (Fsp3) is 0.133. The lowest BCUT2D eigenvalue weighted by Gasteiger charge is -2.09. The monoisotopic (exact) mass is 392 g/mol. The minimum absolute atomic E-state index is 0.268. The smallest absolute Gasteiger partial charge is 0.291 e. The van der Waals surface area contributed by atoms with Crippen LogP contribution in [-0.2, 0) is 6.54 Å². The van der Waals surface area contributed by atoms with Gasteiger partial charge in [0.2, 0.25) is 4.73 Å². The standard InChI is InChI=1S/C15H13BrN4O2S/c1-2-20-15(18-14(16)19-20)23-12-8-4-3-6-10(12)17-13(21)11-7-5-9-22-11/h3-9H,2H2,1H3,(H,17,21). The van der Waals surface area contributed by atoms with Gasteiger partial charge in [-0.25, -0.2) is 4.68 Å². The lowest BCUT2D eigenvalue weighted by Crippen LogP contribution is -2.11. The van der Waals surface area contributed by atoms with Crippen LogP contribution in [0.4, 0.5) is 5.69 Å². The van der Waals surface area contributed by atoms with Crippen LogP contribution in [0.25, 0.3) is 0 Å². The predicted molar refractivity (Wildman–Crippen MR) is 90.6 cm³/mol. The Morgan fingerprint density at radius 3 is 2.91 bits per heavy atom. The van der Waals surface area contributed by atoms with Crippen LogP contribution in [0.15, 0.2) is 61.9 Å². The molecule has 1 aromatic carbocycles. The van der Waals surface area contributed by atoms with Crippen LogP contribution in [-0.4, -0.2) is 20.7 Å². The number of amides is 1. The van der Waals surface area contributed by atoms with Gasteiger partial charge in [-0.1, -0.05) is 12.1 Å². The highest BCUT2D eigenvalue weighted by Crippen LogP contribution is 2.33. The average molecular weight is 393 g/mol. The molecule has 6 nitrogen and oxygen atoms in total. The fourth-order valence-corrected chi connectivity index (χ4v) is 3.39. The van der Waals surface area contributed by atoms with Gasteiger partial charge in [0.15, 0.2) is 10.9 Å². The first-order valence-corrected chi connectivity index (χ1v) is 8.50. The number of halogens is 1. The Kier molecular flexibility index (Phi) is 4.82. The third-order valence-corrected chi connectivity index (χ3v) is 4.39. The van der Waals surface area contributed by atoms with E-state index < -0.39 is 0 Å². The molecule has 8 heteroatoms. The van der Waals surface area contributed by atoms with Crippen LogP contribution in [0.1, 0.15) is 17.5 Å². The van der Waals surface area contributed by atoms with Gasteiger partial charge in [0, 0.05) is 11.4 Å². The number of hydrogen-bond donors (Lipinski definition) is 1. The molecular weight excluding hydrogens is 380 g/mol. The zero-order chi connectivity index (χ0) is 16.2. The number of nitrogens with one attached hydrogen (secondary N) is 1. The number of aromatic nitrogens is 3. The minimum Gasteiger partial charge on any atom is -0.459 e. The van der Waals surface area contributed by atoms with Crippen molar-refractivity contribution in [3.05, 3.63) is 53.2 Å². The van der Waals surface area contributed by atoms with E-state index in [9.17, 15) is 4.79 Å². The van der Waals surface area contributed by atoms with Crippen molar-refractivity contribution in [1.29, 1.82) is 0 Å². The second-order valence-electron chi connectivity index (χ2n) is 4.51. The van der Waals surface area contributed by atoms with Crippen molar-refractivity contribution >= 4 is 39.3 Å². The molecule has 0 spiro atoms. The number of anilines is 1. The van der Waals surface area contributed by atoms with E-state index in [2.05, 4.69) is 31.3 Å². The molecule has 2 aromatic heterocycles. The lowest BCUT2D eigenvalue weighted by molar-refractivity contribution is 0.0996. The first-order valence-electron chi connectivity index (χ1n) is 6.89. The van der Waals surface area contributed by atoms with Crippen LogP contribution in [0.5, 0.6) is 0 Å². The number of aryl methyl sites for hydroxylation is 1. The van der Waals surface area contributed by atoms with Crippen molar-refractivity contribution in [1.82, 2.24) is 14.8 Å². The quantitative estimate of drug-likeness (QED) is 0.708. The Hall–Kier alpha value is -2.06. The minimum atomic E-state index is -0.291. The third kappa shape index (κ3) is 3.65. The molecular formula is C15H13BrN4O2S. The van der Waals surface area contributed by atoms with E-state index in [1.54, 1.807) is 16.8 Å². The number of carbonyl (C=O) groups is 1. The van der Waals surface area contributed by atoms with Crippen LogP contribution < -0.4 is 5.32 Å². The maximum Gasteiger partial charge on any atom is 0.291 e. The van der Waals surface area contributed by atoms with Gasteiger partial charge in [0.1, 0.15) is 0 Å². The lowest BCUT2D eigenvalue weighted by atomic mass is 10.3. The predicted octanol–water partition coefficient (Wildman–Crippen LogP) is 4.06. The normalized spacial score (nSPS) is 10.7. The van der Waals surface area contributed by atoms with E-state index in [4.69, 9.17) is 4.42 Å². The Labute approximate surface area is 145 Å². The summed E-state index contributed by atoms with van der Waals surface area (Å²) in [5.41, 5.74) is 0.695. The van der Waals surface area contributed by atoms with Gasteiger partial charge in [-0.3, -0.25) is 4.79 Å². The maximum atomic E-state index is 12.2. The molecule has 0 aliphatic carbocycles. The molecule has 1 N–H and O–H groups in total. The summed E-state index contributed by atoms with van der Waals surface area (Å²) < 4.78 is 7.45. The molecule has 3 aromatic rings. The molecule has 23 heavy (non-hydrogen) atoms. The highest BCUT2D eigenvalue weighted by molar-refractivity contribution is 9.10. The molecule has 0 saturated carbocycles. The van der Waals surface area contributed by atoms with E-state index in [0.717, 1.165) is 10.1 Å². The number of furan rings is 1. The van der Waals surface area contributed by atoms with Gasteiger partial charge >= 0.3 is 0 Å². The van der Waals surface area contributed by atoms with Gasteiger partial charge < -0.3 is 9.73 Å². The van der Waals surface area contributed by atoms with Crippen LogP contribution in [0.2, 0.25) is 0 Å². The van der Waals surface area contributed by atoms with Gasteiger partial charge in [-0.15, -0.1) is 5.10 Å². The van der Waals surface area contributed by atoms with Crippen LogP contribution in [0, 0.1) is 0 Å². The summed E-state index contributed by atoms with van der Waals surface area (Å²) in [6.07, 6.45) is 1.47. The summed E-state index contributed by atoms with van der Waals surface area (Å²) in [5.74, 6) is -0.0227. The van der Waals surface area contributed by atoms with Gasteiger partial charge in [0.25, 0.3) is 5.91 Å². The molecule has 0 saturated heterocycles. The van der Waals surface area contributed by atoms with Gasteiger partial charge in [-0.2, -0.15) is 4.98 Å². The number of benzene rings is 1. The summed E-state index contributed by atoms with van der Waals surface area (Å²) in [6, 6.07) is 10.8. The second-order valence-corrected chi connectivity index (χ2v) is 6.23. The molecule has 2 heterocycles. The van der Waals surface area contributed by atoms with Crippen molar-refractivity contribution in [2.45, 2.75) is 23.5 Å². The second kappa shape index (κ2) is 7.01. The first-order chi connectivity index (χ1) is 11.2. The van der Waals surface area contributed by atoms with E-state index in [0.29, 0.717) is 17.0 Å². The van der Waals surface area contributed by atoms with Crippen molar-refractivity contribution in [2.75, 3.05) is 5.32 Å². The van der Waals surface area contributed by atoms with Crippen molar-refractivity contribution in [2.24, 2.45) is 0 Å². The summed E-state index contributed by atoms with van der Waals surface area (Å²) >= 11 is 4.72. The van der Waals surface area contributed by atoms with Crippen molar-refractivity contribution in [3.8, 4) is 0 Å². The van der Waals surface area contributed by atoms with Gasteiger partial charge in [0.05, 0.1) is 12.0 Å². The van der Waals surface area contributed by atoms with Crippen LogP contribution in [0.3, 0.4) is 0 Å². The van der Waals surface area contributed by atoms with E-state index in [1.165, 1.54) is 18.0 Å². The van der Waals surface area contributed by atoms with Crippen molar-refractivity contribution < 1.29 is 9.21 Å². The maximum absolute atomic E-state index is 12.2.